The lowest BCUT2D eigenvalue weighted by atomic mass is 9.68. The van der Waals surface area contributed by atoms with Crippen LogP contribution < -0.4 is 0 Å². The minimum absolute atomic E-state index is 0.250. The van der Waals surface area contributed by atoms with E-state index in [9.17, 15) is 19.7 Å². The van der Waals surface area contributed by atoms with Crippen molar-refractivity contribution in [3.05, 3.63) is 77.1 Å². The summed E-state index contributed by atoms with van der Waals surface area (Å²) in [6, 6.07) is 16.4. The fourth-order valence-electron chi connectivity index (χ4n) is 3.61. The van der Waals surface area contributed by atoms with Gasteiger partial charge in [0.05, 0.1) is 24.2 Å². The van der Waals surface area contributed by atoms with Gasteiger partial charge in [0.25, 0.3) is 5.91 Å². The van der Waals surface area contributed by atoms with E-state index in [4.69, 9.17) is 0 Å². The third kappa shape index (κ3) is 2.35. The molecular formula is C21H13FN4O. The lowest BCUT2D eigenvalue weighted by molar-refractivity contribution is -0.129. The number of nitrogens with zero attached hydrogens (tertiary/aromatic N) is 4. The predicted octanol–water partition coefficient (Wildman–Crippen LogP) is 2.80. The van der Waals surface area contributed by atoms with Gasteiger partial charge in [0.1, 0.15) is 11.7 Å². The first kappa shape index (κ1) is 16.7. The van der Waals surface area contributed by atoms with Crippen molar-refractivity contribution in [2.24, 2.45) is 4.99 Å². The van der Waals surface area contributed by atoms with E-state index in [0.29, 0.717) is 35.6 Å². The van der Waals surface area contributed by atoms with Gasteiger partial charge in [-0.15, -0.1) is 0 Å². The molecule has 0 spiro atoms. The number of hydrogen-bond acceptors (Lipinski definition) is 4. The monoisotopic (exact) mass is 356 g/mol. The van der Waals surface area contributed by atoms with Crippen molar-refractivity contribution >= 4 is 17.3 Å². The second kappa shape index (κ2) is 6.19. The zero-order valence-electron chi connectivity index (χ0n) is 14.2. The average Bonchev–Trinajstić information content (AvgIpc) is 3.18. The summed E-state index contributed by atoms with van der Waals surface area (Å²) in [6.07, 6.45) is 1.69. The Balaban J connectivity index is 2.05. The fraction of sp³-hybridized carbons (Fsp3) is 0.143. The van der Waals surface area contributed by atoms with Crippen LogP contribution in [0.1, 0.15) is 16.7 Å². The Morgan fingerprint density at radius 1 is 1.11 bits per heavy atom. The lowest BCUT2D eigenvalue weighted by Crippen LogP contribution is -2.51. The van der Waals surface area contributed by atoms with E-state index < -0.39 is 17.1 Å². The maximum Gasteiger partial charge on any atom is 0.257 e. The molecule has 0 bridgehead atoms. The van der Waals surface area contributed by atoms with Crippen molar-refractivity contribution in [3.63, 3.8) is 0 Å². The number of rotatable bonds is 2. The number of amidine groups is 1. The number of carbonyl (C=O) groups excluding carboxylic acids is 1. The Hall–Kier alpha value is -3.77. The molecule has 0 unspecified atom stereocenters. The molecule has 27 heavy (non-hydrogen) atoms. The largest absolute Gasteiger partial charge is 0.293 e. The van der Waals surface area contributed by atoms with Gasteiger partial charge in [-0.1, -0.05) is 30.3 Å². The summed E-state index contributed by atoms with van der Waals surface area (Å²) in [5.41, 5.74) is -0.197. The van der Waals surface area contributed by atoms with Crippen LogP contribution in [0.15, 0.2) is 59.6 Å². The Morgan fingerprint density at radius 3 is 2.56 bits per heavy atom. The van der Waals surface area contributed by atoms with E-state index in [2.05, 4.69) is 17.1 Å². The van der Waals surface area contributed by atoms with Crippen molar-refractivity contribution in [1.29, 1.82) is 10.5 Å². The van der Waals surface area contributed by atoms with Crippen LogP contribution in [0.5, 0.6) is 0 Å². The van der Waals surface area contributed by atoms with Crippen molar-refractivity contribution in [1.82, 2.24) is 4.90 Å². The highest BCUT2D eigenvalue weighted by molar-refractivity contribution is 6.22. The molecule has 0 aliphatic carbocycles. The van der Waals surface area contributed by atoms with E-state index in [1.807, 2.05) is 0 Å². The third-order valence-electron chi connectivity index (χ3n) is 4.89. The first-order valence-corrected chi connectivity index (χ1v) is 8.37. The number of amides is 1. The second-order valence-electron chi connectivity index (χ2n) is 6.28. The van der Waals surface area contributed by atoms with Crippen LogP contribution in [-0.4, -0.2) is 29.7 Å². The zero-order chi connectivity index (χ0) is 19.0. The van der Waals surface area contributed by atoms with Gasteiger partial charge in [-0.25, -0.2) is 4.39 Å². The van der Waals surface area contributed by atoms with Crippen molar-refractivity contribution in [3.8, 4) is 12.1 Å². The Morgan fingerprint density at radius 2 is 1.85 bits per heavy atom. The lowest BCUT2D eigenvalue weighted by Gasteiger charge is -2.37. The molecule has 0 saturated heterocycles. The predicted molar refractivity (Wildman–Crippen MR) is 96.8 cm³/mol. The zero-order valence-corrected chi connectivity index (χ0v) is 14.2. The molecule has 1 amide bonds. The van der Waals surface area contributed by atoms with Crippen LogP contribution in [0, 0.1) is 28.5 Å². The van der Waals surface area contributed by atoms with Crippen LogP contribution in [0.2, 0.25) is 0 Å². The Bertz CT molecular complexity index is 1090. The van der Waals surface area contributed by atoms with E-state index in [0.717, 1.165) is 0 Å². The highest BCUT2D eigenvalue weighted by atomic mass is 19.1. The van der Waals surface area contributed by atoms with Crippen LogP contribution in [0.3, 0.4) is 0 Å². The van der Waals surface area contributed by atoms with E-state index in [1.54, 1.807) is 30.3 Å². The minimum Gasteiger partial charge on any atom is -0.293 e. The molecule has 130 valence electrons. The summed E-state index contributed by atoms with van der Waals surface area (Å²) in [7, 11) is 0. The second-order valence-corrected chi connectivity index (χ2v) is 6.28. The van der Waals surface area contributed by atoms with E-state index in [-0.39, 0.29) is 5.56 Å². The summed E-state index contributed by atoms with van der Waals surface area (Å²) in [5.74, 6) is -0.369. The average molecular weight is 356 g/mol. The van der Waals surface area contributed by atoms with Crippen LogP contribution in [-0.2, 0) is 10.2 Å². The summed E-state index contributed by atoms with van der Waals surface area (Å²) in [6.45, 7) is 0.842. The first-order valence-electron chi connectivity index (χ1n) is 8.37. The van der Waals surface area contributed by atoms with Gasteiger partial charge in [-0.05, 0) is 35.4 Å². The molecule has 5 nitrogen and oxygen atoms in total. The van der Waals surface area contributed by atoms with E-state index in [1.165, 1.54) is 29.2 Å². The fourth-order valence-corrected chi connectivity index (χ4v) is 3.61. The maximum absolute atomic E-state index is 13.5. The highest BCUT2D eigenvalue weighted by Gasteiger charge is 2.52. The molecule has 0 N–H and O–H groups in total. The Kier molecular flexibility index (Phi) is 3.83. The molecule has 0 saturated carbocycles. The minimum atomic E-state index is -1.70. The van der Waals surface area contributed by atoms with Gasteiger partial charge in [-0.2, -0.15) is 10.5 Å². The topological polar surface area (TPSA) is 80.2 Å². The number of aliphatic imine (C=N–C) groups is 1. The standard InChI is InChI=1S/C21H13FN4O/c22-16-7-5-14(6-8-16)18-11-19-25-9-10-26(19)20(27)21(18,13-24)17-4-2-1-3-15(17)12-23/h1-8,11H,9-10H2/t21-/m1/s1. The van der Waals surface area contributed by atoms with Gasteiger partial charge in [0.2, 0.25) is 0 Å². The Labute approximate surface area is 155 Å². The van der Waals surface area contributed by atoms with Gasteiger partial charge < -0.3 is 0 Å². The highest BCUT2D eigenvalue weighted by Crippen LogP contribution is 2.44. The van der Waals surface area contributed by atoms with Crippen LogP contribution in [0.4, 0.5) is 4.39 Å². The normalized spacial score (nSPS) is 21.0. The van der Waals surface area contributed by atoms with Gasteiger partial charge in [0, 0.05) is 12.1 Å². The number of nitriles is 2. The van der Waals surface area contributed by atoms with Crippen molar-refractivity contribution < 1.29 is 9.18 Å². The molecule has 0 radical (unpaired) electrons. The van der Waals surface area contributed by atoms with Crippen molar-refractivity contribution in [2.75, 3.05) is 13.1 Å². The van der Waals surface area contributed by atoms with E-state index >= 15 is 0 Å². The summed E-state index contributed by atoms with van der Waals surface area (Å²) >= 11 is 0. The summed E-state index contributed by atoms with van der Waals surface area (Å²) in [4.78, 5) is 19.3. The molecule has 2 aromatic carbocycles. The molecule has 2 aromatic rings. The number of hydrogen-bond donors (Lipinski definition) is 0. The number of halogens is 1. The van der Waals surface area contributed by atoms with Gasteiger partial charge in [0.15, 0.2) is 5.41 Å². The summed E-state index contributed by atoms with van der Waals surface area (Å²) < 4.78 is 13.4. The molecule has 2 heterocycles. The van der Waals surface area contributed by atoms with Crippen LogP contribution in [0.25, 0.3) is 5.57 Å². The molecule has 2 aliphatic rings. The molecule has 0 aromatic heterocycles. The number of carbonyl (C=O) groups is 1. The molecule has 0 fully saturated rings. The molecule has 2 aliphatic heterocycles. The first-order chi connectivity index (χ1) is 13.1. The van der Waals surface area contributed by atoms with Gasteiger partial charge >= 0.3 is 0 Å². The third-order valence-corrected chi connectivity index (χ3v) is 4.89. The molecular weight excluding hydrogens is 343 g/mol. The SMILES string of the molecule is N#Cc1ccccc1[C@@]1(C#N)C(=O)N2CCN=C2C=C1c1ccc(F)cc1. The van der Waals surface area contributed by atoms with Gasteiger partial charge in [-0.3, -0.25) is 14.7 Å². The maximum atomic E-state index is 13.5. The van der Waals surface area contributed by atoms with Crippen LogP contribution >= 0.6 is 0 Å². The molecule has 6 heteroatoms. The smallest absolute Gasteiger partial charge is 0.257 e. The summed E-state index contributed by atoms with van der Waals surface area (Å²) in [5, 5.41) is 19.8. The quantitative estimate of drug-likeness (QED) is 0.830. The molecule has 1 atom stereocenters. The van der Waals surface area contributed by atoms with Crippen molar-refractivity contribution in [2.45, 2.75) is 5.41 Å². The molecule has 4 rings (SSSR count). The number of benzene rings is 2. The number of fused-ring (bicyclic) bond motifs is 1.